The van der Waals surface area contributed by atoms with Crippen LogP contribution in [0.3, 0.4) is 0 Å². The smallest absolute Gasteiger partial charge is 0.330 e. The number of ether oxygens (including phenoxy) is 1. The van der Waals surface area contributed by atoms with E-state index in [9.17, 15) is 19.7 Å². The van der Waals surface area contributed by atoms with Crippen LogP contribution in [0.4, 0.5) is 5.69 Å². The van der Waals surface area contributed by atoms with Crippen LogP contribution < -0.4 is 0 Å². The summed E-state index contributed by atoms with van der Waals surface area (Å²) in [4.78, 5) is 36.3. The van der Waals surface area contributed by atoms with Gasteiger partial charge in [-0.15, -0.1) is 11.8 Å². The van der Waals surface area contributed by atoms with Crippen molar-refractivity contribution in [2.75, 3.05) is 5.75 Å². The number of carbonyl (C=O) groups is 2. The normalized spacial score (nSPS) is 27.0. The molecule has 128 valence electrons. The maximum atomic E-state index is 12.5. The molecule has 8 heteroatoms. The minimum absolute atomic E-state index is 0.0209. The van der Waals surface area contributed by atoms with Crippen molar-refractivity contribution < 1.29 is 19.2 Å². The number of hydrogen-bond donors (Lipinski definition) is 0. The Balaban J connectivity index is 1.72. The van der Waals surface area contributed by atoms with Gasteiger partial charge in [-0.2, -0.15) is 0 Å². The minimum atomic E-state index is -0.619. The summed E-state index contributed by atoms with van der Waals surface area (Å²) in [6.45, 7) is 3.64. The number of carbonyl (C=O) groups excluding carboxylic acids is 2. The third-order valence-corrected chi connectivity index (χ3v) is 6.07. The first-order valence-corrected chi connectivity index (χ1v) is 8.71. The van der Waals surface area contributed by atoms with Crippen molar-refractivity contribution in [1.82, 2.24) is 4.90 Å². The van der Waals surface area contributed by atoms with E-state index >= 15 is 0 Å². The Morgan fingerprint density at radius 1 is 1.54 bits per heavy atom. The predicted molar refractivity (Wildman–Crippen MR) is 88.3 cm³/mol. The summed E-state index contributed by atoms with van der Waals surface area (Å²) < 4.78 is 5.49. The van der Waals surface area contributed by atoms with Gasteiger partial charge in [-0.1, -0.05) is 12.1 Å². The van der Waals surface area contributed by atoms with E-state index in [1.54, 1.807) is 35.7 Å². The van der Waals surface area contributed by atoms with E-state index in [-0.39, 0.29) is 16.5 Å². The summed E-state index contributed by atoms with van der Waals surface area (Å²) in [5.74, 6) is 0.0378. The molecular formula is C16H18N2O5S. The standard InChI is InChI=1S/C16H18N2O5S/c1-10(11-4-3-5-12(8-11)18(21)22)23-15(20)13-9-24-16(2)7-6-14(19)17(13)16/h3-5,8,10,13H,6-7,9H2,1-2H3/t10-,13-,16-/m0/s1. The highest BCUT2D eigenvalue weighted by molar-refractivity contribution is 8.01. The number of benzene rings is 1. The fourth-order valence-electron chi connectivity index (χ4n) is 3.21. The lowest BCUT2D eigenvalue weighted by Crippen LogP contribution is -2.46. The number of hydrogen-bond acceptors (Lipinski definition) is 6. The van der Waals surface area contributed by atoms with Gasteiger partial charge in [0.25, 0.3) is 5.69 Å². The van der Waals surface area contributed by atoms with Crippen molar-refractivity contribution in [3.05, 3.63) is 39.9 Å². The van der Waals surface area contributed by atoms with Gasteiger partial charge in [0.15, 0.2) is 0 Å². The monoisotopic (exact) mass is 350 g/mol. The average molecular weight is 350 g/mol. The second kappa shape index (κ2) is 6.08. The molecule has 24 heavy (non-hydrogen) atoms. The summed E-state index contributed by atoms with van der Waals surface area (Å²) >= 11 is 1.60. The zero-order valence-corrected chi connectivity index (χ0v) is 14.2. The number of esters is 1. The molecule has 0 N–H and O–H groups in total. The second-order valence-electron chi connectivity index (χ2n) is 6.20. The second-order valence-corrected chi connectivity index (χ2v) is 7.70. The first-order valence-electron chi connectivity index (χ1n) is 7.73. The first kappa shape index (κ1) is 16.8. The van der Waals surface area contributed by atoms with Crippen LogP contribution in [-0.2, 0) is 14.3 Å². The number of nitrogens with zero attached hydrogens (tertiary/aromatic N) is 2. The molecule has 1 aromatic carbocycles. The molecule has 2 saturated heterocycles. The lowest BCUT2D eigenvalue weighted by atomic mass is 10.1. The highest BCUT2D eigenvalue weighted by Crippen LogP contribution is 2.47. The zero-order valence-electron chi connectivity index (χ0n) is 13.4. The molecule has 0 spiro atoms. The molecule has 2 heterocycles. The number of rotatable bonds is 4. The van der Waals surface area contributed by atoms with Crippen molar-refractivity contribution in [2.24, 2.45) is 0 Å². The van der Waals surface area contributed by atoms with Crippen LogP contribution in [0.25, 0.3) is 0 Å². The lowest BCUT2D eigenvalue weighted by molar-refractivity contribution is -0.385. The fraction of sp³-hybridized carbons (Fsp3) is 0.500. The Labute approximate surface area is 143 Å². The lowest BCUT2D eigenvalue weighted by Gasteiger charge is -2.30. The molecule has 1 aromatic rings. The Morgan fingerprint density at radius 2 is 2.29 bits per heavy atom. The van der Waals surface area contributed by atoms with Crippen LogP contribution in [0, 0.1) is 10.1 Å². The maximum Gasteiger partial charge on any atom is 0.330 e. The highest BCUT2D eigenvalue weighted by atomic mass is 32.2. The maximum absolute atomic E-state index is 12.5. The van der Waals surface area contributed by atoms with Gasteiger partial charge in [0.2, 0.25) is 5.91 Å². The molecule has 0 radical (unpaired) electrons. The van der Waals surface area contributed by atoms with Crippen molar-refractivity contribution in [1.29, 1.82) is 0 Å². The van der Waals surface area contributed by atoms with Gasteiger partial charge in [-0.25, -0.2) is 4.79 Å². The zero-order chi connectivity index (χ0) is 17.5. The van der Waals surface area contributed by atoms with Crippen molar-refractivity contribution in [3.63, 3.8) is 0 Å². The van der Waals surface area contributed by atoms with E-state index in [4.69, 9.17) is 4.74 Å². The molecule has 0 bridgehead atoms. The summed E-state index contributed by atoms with van der Waals surface area (Å²) in [7, 11) is 0. The van der Waals surface area contributed by atoms with E-state index < -0.39 is 23.0 Å². The van der Waals surface area contributed by atoms with Crippen molar-refractivity contribution in [3.8, 4) is 0 Å². The van der Waals surface area contributed by atoms with Crippen LogP contribution in [0.2, 0.25) is 0 Å². The molecule has 0 unspecified atom stereocenters. The van der Waals surface area contributed by atoms with Crippen molar-refractivity contribution >= 4 is 29.3 Å². The fourth-order valence-corrected chi connectivity index (χ4v) is 4.62. The highest BCUT2D eigenvalue weighted by Gasteiger charge is 2.53. The topological polar surface area (TPSA) is 89.8 Å². The summed E-state index contributed by atoms with van der Waals surface area (Å²) in [5, 5.41) is 10.9. The van der Waals surface area contributed by atoms with Crippen molar-refractivity contribution in [2.45, 2.75) is 43.7 Å². The van der Waals surface area contributed by atoms with Gasteiger partial charge in [0, 0.05) is 24.3 Å². The Bertz CT molecular complexity index is 709. The molecule has 0 aliphatic carbocycles. The van der Waals surface area contributed by atoms with Crippen LogP contribution in [0.1, 0.15) is 38.4 Å². The number of nitro benzene ring substituents is 1. The van der Waals surface area contributed by atoms with E-state index in [2.05, 4.69) is 0 Å². The van der Waals surface area contributed by atoms with Crippen LogP contribution >= 0.6 is 11.8 Å². The van der Waals surface area contributed by atoms with E-state index in [0.717, 1.165) is 6.42 Å². The number of amides is 1. The van der Waals surface area contributed by atoms with Gasteiger partial charge in [-0.3, -0.25) is 14.9 Å². The molecule has 0 saturated carbocycles. The molecule has 2 aliphatic rings. The van der Waals surface area contributed by atoms with Gasteiger partial charge in [-0.05, 0) is 25.8 Å². The first-order chi connectivity index (χ1) is 11.3. The molecule has 7 nitrogen and oxygen atoms in total. The molecular weight excluding hydrogens is 332 g/mol. The third-order valence-electron chi connectivity index (χ3n) is 4.56. The Morgan fingerprint density at radius 3 is 3.00 bits per heavy atom. The van der Waals surface area contributed by atoms with Crippen LogP contribution in [-0.4, -0.2) is 38.4 Å². The van der Waals surface area contributed by atoms with Crippen LogP contribution in [0.5, 0.6) is 0 Å². The van der Waals surface area contributed by atoms with Gasteiger partial charge in [0.1, 0.15) is 12.1 Å². The quantitative estimate of drug-likeness (QED) is 0.471. The number of fused-ring (bicyclic) bond motifs is 1. The average Bonchev–Trinajstić information content (AvgIpc) is 3.04. The van der Waals surface area contributed by atoms with Gasteiger partial charge in [0.05, 0.1) is 9.79 Å². The summed E-state index contributed by atoms with van der Waals surface area (Å²) in [5.41, 5.74) is 0.507. The van der Waals surface area contributed by atoms with E-state index in [0.29, 0.717) is 17.7 Å². The molecule has 2 fully saturated rings. The molecule has 3 rings (SSSR count). The molecule has 3 atom stereocenters. The number of nitro groups is 1. The van der Waals surface area contributed by atoms with Gasteiger partial charge >= 0.3 is 5.97 Å². The summed E-state index contributed by atoms with van der Waals surface area (Å²) in [6.07, 6.45) is 0.570. The Kier molecular flexibility index (Phi) is 4.25. The predicted octanol–water partition coefficient (Wildman–Crippen LogP) is 2.65. The number of thioether (sulfide) groups is 1. The third kappa shape index (κ3) is 2.86. The van der Waals surface area contributed by atoms with Gasteiger partial charge < -0.3 is 9.64 Å². The molecule has 1 amide bonds. The SMILES string of the molecule is C[C@H](OC(=O)[C@@H]1CS[C@@]2(C)CCC(=O)N12)c1cccc([N+](=O)[O-])c1. The number of non-ortho nitro benzene ring substituents is 1. The van der Waals surface area contributed by atoms with Crippen LogP contribution in [0.15, 0.2) is 24.3 Å². The summed E-state index contributed by atoms with van der Waals surface area (Å²) in [6, 6.07) is 5.44. The largest absolute Gasteiger partial charge is 0.456 e. The molecule has 0 aromatic heterocycles. The van der Waals surface area contributed by atoms with E-state index in [1.807, 2.05) is 6.92 Å². The minimum Gasteiger partial charge on any atom is -0.456 e. The molecule has 2 aliphatic heterocycles. The van der Waals surface area contributed by atoms with E-state index in [1.165, 1.54) is 12.1 Å². The Hall–Kier alpha value is -2.09.